The average Bonchev–Trinajstić information content (AvgIpc) is 2.34. The summed E-state index contributed by atoms with van der Waals surface area (Å²) in [4.78, 5) is 10.9. The monoisotopic (exact) mass is 237 g/mol. The molecule has 0 aliphatic rings. The molecule has 1 aromatic heterocycles. The minimum atomic E-state index is 0.670. The van der Waals surface area contributed by atoms with Crippen LogP contribution in [-0.4, -0.2) is 23.6 Å². The Hall–Kier alpha value is -1.36. The van der Waals surface area contributed by atoms with Crippen LogP contribution in [0.2, 0.25) is 0 Å². The number of nitrogens with two attached hydrogens (primary N) is 1. The molecule has 0 saturated carbocycles. The van der Waals surface area contributed by atoms with E-state index in [1.54, 1.807) is 0 Å². The molecule has 1 heterocycles. The maximum absolute atomic E-state index is 5.41. The Bertz CT molecular complexity index is 328. The summed E-state index contributed by atoms with van der Waals surface area (Å²) in [6.45, 7) is 7.46. The number of anilines is 2. The third kappa shape index (κ3) is 4.19. The Kier molecular flexibility index (Phi) is 5.15. The van der Waals surface area contributed by atoms with Crippen LogP contribution in [0, 0.1) is 5.92 Å². The summed E-state index contributed by atoms with van der Waals surface area (Å²) in [6.07, 6.45) is 1.95. The predicted molar refractivity (Wildman–Crippen MR) is 71.9 cm³/mol. The molecule has 0 saturated heterocycles. The zero-order chi connectivity index (χ0) is 12.8. The lowest BCUT2D eigenvalue weighted by Gasteiger charge is -2.20. The topological polar surface area (TPSA) is 67.1 Å². The number of hydrogen-bond acceptors (Lipinski definition) is 5. The second-order valence-electron chi connectivity index (χ2n) is 4.63. The molecule has 0 amide bonds. The summed E-state index contributed by atoms with van der Waals surface area (Å²) < 4.78 is 0. The molecule has 5 nitrogen and oxygen atoms in total. The lowest BCUT2D eigenvalue weighted by molar-refractivity contribution is 0.583. The van der Waals surface area contributed by atoms with E-state index in [0.29, 0.717) is 11.7 Å². The maximum Gasteiger partial charge on any atom is 0.145 e. The first-order valence-electron chi connectivity index (χ1n) is 6.12. The summed E-state index contributed by atoms with van der Waals surface area (Å²) in [5.41, 5.74) is 2.58. The molecule has 1 rings (SSSR count). The molecule has 0 radical (unpaired) electrons. The van der Waals surface area contributed by atoms with Crippen LogP contribution in [-0.2, 0) is 6.42 Å². The summed E-state index contributed by atoms with van der Waals surface area (Å²) in [5, 5.41) is 0. The minimum Gasteiger partial charge on any atom is -0.359 e. The second-order valence-corrected chi connectivity index (χ2v) is 4.63. The van der Waals surface area contributed by atoms with Crippen molar-refractivity contribution in [1.29, 1.82) is 0 Å². The van der Waals surface area contributed by atoms with Gasteiger partial charge in [-0.1, -0.05) is 20.8 Å². The Balaban J connectivity index is 2.80. The quantitative estimate of drug-likeness (QED) is 0.583. The molecular formula is C12H23N5. The molecule has 0 fully saturated rings. The Labute approximate surface area is 103 Å². The van der Waals surface area contributed by atoms with Crippen LogP contribution in [0.3, 0.4) is 0 Å². The molecule has 96 valence electrons. The largest absolute Gasteiger partial charge is 0.359 e. The highest BCUT2D eigenvalue weighted by atomic mass is 15.3. The number of nitrogen functional groups attached to an aromatic ring is 1. The molecule has 0 unspecified atom stereocenters. The summed E-state index contributed by atoms with van der Waals surface area (Å²) in [6, 6.07) is 1.87. The van der Waals surface area contributed by atoms with E-state index in [2.05, 4.69) is 34.1 Å². The number of rotatable bonds is 6. The van der Waals surface area contributed by atoms with Crippen molar-refractivity contribution in [2.75, 3.05) is 23.9 Å². The molecule has 17 heavy (non-hydrogen) atoms. The molecular weight excluding hydrogens is 214 g/mol. The predicted octanol–water partition coefficient (Wildman–Crippen LogP) is 1.81. The normalized spacial score (nSPS) is 10.7. The first-order valence-corrected chi connectivity index (χ1v) is 6.12. The van der Waals surface area contributed by atoms with Crippen LogP contribution in [0.15, 0.2) is 6.07 Å². The van der Waals surface area contributed by atoms with E-state index in [9.17, 15) is 0 Å². The Morgan fingerprint density at radius 3 is 2.65 bits per heavy atom. The van der Waals surface area contributed by atoms with Crippen LogP contribution in [0.1, 0.15) is 33.0 Å². The van der Waals surface area contributed by atoms with E-state index in [0.717, 1.165) is 31.0 Å². The Morgan fingerprint density at radius 2 is 2.12 bits per heavy atom. The van der Waals surface area contributed by atoms with Crippen LogP contribution in [0.4, 0.5) is 11.6 Å². The van der Waals surface area contributed by atoms with Crippen LogP contribution in [0.25, 0.3) is 0 Å². The first kappa shape index (κ1) is 13.7. The number of nitrogens with one attached hydrogen (secondary N) is 1. The molecule has 1 aromatic rings. The van der Waals surface area contributed by atoms with Crippen molar-refractivity contribution in [2.24, 2.45) is 11.8 Å². The molecule has 0 aromatic carbocycles. The van der Waals surface area contributed by atoms with E-state index in [1.807, 2.05) is 20.0 Å². The minimum absolute atomic E-state index is 0.670. The van der Waals surface area contributed by atoms with Crippen molar-refractivity contribution >= 4 is 11.6 Å². The fourth-order valence-corrected chi connectivity index (χ4v) is 1.48. The van der Waals surface area contributed by atoms with Gasteiger partial charge in [0.2, 0.25) is 0 Å². The van der Waals surface area contributed by atoms with E-state index in [1.165, 1.54) is 0 Å². The van der Waals surface area contributed by atoms with E-state index in [-0.39, 0.29) is 0 Å². The van der Waals surface area contributed by atoms with Gasteiger partial charge in [-0.2, -0.15) is 0 Å². The third-order valence-corrected chi connectivity index (χ3v) is 2.66. The van der Waals surface area contributed by atoms with Crippen molar-refractivity contribution in [3.8, 4) is 0 Å². The van der Waals surface area contributed by atoms with Gasteiger partial charge in [0.1, 0.15) is 17.5 Å². The van der Waals surface area contributed by atoms with Crippen LogP contribution >= 0.6 is 0 Å². The van der Waals surface area contributed by atoms with E-state index >= 15 is 0 Å². The molecule has 0 atom stereocenters. The number of aryl methyl sites for hydroxylation is 1. The van der Waals surface area contributed by atoms with Gasteiger partial charge in [0, 0.05) is 26.1 Å². The summed E-state index contributed by atoms with van der Waals surface area (Å²) in [5.74, 6) is 8.50. The number of hydrogen-bond donors (Lipinski definition) is 2. The van der Waals surface area contributed by atoms with Gasteiger partial charge in [-0.3, -0.25) is 0 Å². The molecule has 0 aliphatic heterocycles. The highest BCUT2D eigenvalue weighted by Crippen LogP contribution is 2.15. The second kappa shape index (κ2) is 6.39. The maximum atomic E-state index is 5.41. The Morgan fingerprint density at radius 1 is 1.41 bits per heavy atom. The van der Waals surface area contributed by atoms with Crippen LogP contribution < -0.4 is 16.2 Å². The summed E-state index contributed by atoms with van der Waals surface area (Å²) >= 11 is 0. The number of nitrogens with zero attached hydrogens (tertiary/aromatic N) is 3. The molecule has 3 N–H and O–H groups in total. The standard InChI is InChI=1S/C12H23N5/c1-5-10-14-11(16-13)8-12(15-10)17(4)7-6-9(2)3/h8-9H,5-7,13H2,1-4H3,(H,14,15,16). The van der Waals surface area contributed by atoms with Crippen LogP contribution in [0.5, 0.6) is 0 Å². The van der Waals surface area contributed by atoms with Gasteiger partial charge in [-0.25, -0.2) is 15.8 Å². The van der Waals surface area contributed by atoms with Gasteiger partial charge in [-0.15, -0.1) is 0 Å². The fraction of sp³-hybridized carbons (Fsp3) is 0.667. The van der Waals surface area contributed by atoms with Gasteiger partial charge >= 0.3 is 0 Å². The van der Waals surface area contributed by atoms with Crippen molar-refractivity contribution < 1.29 is 0 Å². The third-order valence-electron chi connectivity index (χ3n) is 2.66. The molecule has 0 spiro atoms. The van der Waals surface area contributed by atoms with E-state index in [4.69, 9.17) is 5.84 Å². The van der Waals surface area contributed by atoms with E-state index < -0.39 is 0 Å². The molecule has 5 heteroatoms. The zero-order valence-corrected chi connectivity index (χ0v) is 11.2. The number of aromatic nitrogens is 2. The summed E-state index contributed by atoms with van der Waals surface area (Å²) in [7, 11) is 2.05. The first-order chi connectivity index (χ1) is 8.06. The average molecular weight is 237 g/mol. The zero-order valence-electron chi connectivity index (χ0n) is 11.2. The number of hydrazine groups is 1. The highest BCUT2D eigenvalue weighted by molar-refractivity contribution is 5.48. The van der Waals surface area contributed by atoms with Crippen molar-refractivity contribution in [3.63, 3.8) is 0 Å². The van der Waals surface area contributed by atoms with Gasteiger partial charge in [0.05, 0.1) is 0 Å². The lowest BCUT2D eigenvalue weighted by Crippen LogP contribution is -2.22. The van der Waals surface area contributed by atoms with Crippen molar-refractivity contribution in [3.05, 3.63) is 11.9 Å². The van der Waals surface area contributed by atoms with Gasteiger partial charge in [-0.05, 0) is 12.3 Å². The van der Waals surface area contributed by atoms with Gasteiger partial charge < -0.3 is 10.3 Å². The van der Waals surface area contributed by atoms with Gasteiger partial charge in [0.15, 0.2) is 0 Å². The SMILES string of the molecule is CCc1nc(NN)cc(N(C)CCC(C)C)n1. The lowest BCUT2D eigenvalue weighted by atomic mass is 10.1. The van der Waals surface area contributed by atoms with Gasteiger partial charge in [0.25, 0.3) is 0 Å². The molecule has 0 aliphatic carbocycles. The highest BCUT2D eigenvalue weighted by Gasteiger charge is 2.07. The van der Waals surface area contributed by atoms with Crippen molar-refractivity contribution in [2.45, 2.75) is 33.6 Å². The molecule has 0 bridgehead atoms. The smallest absolute Gasteiger partial charge is 0.145 e. The fourth-order valence-electron chi connectivity index (χ4n) is 1.48. The van der Waals surface area contributed by atoms with Crippen molar-refractivity contribution in [1.82, 2.24) is 9.97 Å².